The van der Waals surface area contributed by atoms with Crippen molar-refractivity contribution in [3.63, 3.8) is 0 Å². The van der Waals surface area contributed by atoms with Gasteiger partial charge in [0, 0.05) is 30.5 Å². The van der Waals surface area contributed by atoms with Crippen LogP contribution in [0.3, 0.4) is 0 Å². The third-order valence-corrected chi connectivity index (χ3v) is 8.37. The predicted octanol–water partition coefficient (Wildman–Crippen LogP) is 4.54. The Morgan fingerprint density at radius 1 is 1.12 bits per heavy atom. The van der Waals surface area contributed by atoms with Crippen molar-refractivity contribution in [1.82, 2.24) is 4.98 Å². The molecule has 1 aromatic heterocycles. The van der Waals surface area contributed by atoms with E-state index in [-0.39, 0.29) is 16.2 Å². The lowest BCUT2D eigenvalue weighted by Gasteiger charge is -2.42. The summed E-state index contributed by atoms with van der Waals surface area (Å²) in [7, 11) is -3.90. The average Bonchev–Trinajstić information content (AvgIpc) is 3.22. The molecule has 2 aliphatic rings. The highest BCUT2D eigenvalue weighted by Gasteiger charge is 2.39. The number of hydrogen-bond donors (Lipinski definition) is 3. The van der Waals surface area contributed by atoms with Crippen molar-refractivity contribution in [1.29, 1.82) is 0 Å². The van der Waals surface area contributed by atoms with E-state index in [0.29, 0.717) is 34.9 Å². The lowest BCUT2D eigenvalue weighted by Crippen LogP contribution is -2.44. The number of benzene rings is 2. The maximum atomic E-state index is 13.1. The minimum Gasteiger partial charge on any atom is -0.381 e. The summed E-state index contributed by atoms with van der Waals surface area (Å²) in [5, 5.41) is 4.04. The maximum Gasteiger partial charge on any atom is 0.262 e. The zero-order valence-electron chi connectivity index (χ0n) is 18.5. The van der Waals surface area contributed by atoms with E-state index in [1.54, 1.807) is 36.5 Å². The van der Waals surface area contributed by atoms with Gasteiger partial charge >= 0.3 is 0 Å². The van der Waals surface area contributed by atoms with Crippen molar-refractivity contribution in [3.05, 3.63) is 53.7 Å². The zero-order chi connectivity index (χ0) is 23.8. The molecule has 1 atom stereocenters. The van der Waals surface area contributed by atoms with Crippen LogP contribution in [0.1, 0.15) is 25.7 Å². The Morgan fingerprint density at radius 2 is 1.91 bits per heavy atom. The number of H-pyrrole nitrogens is 1. The Kier molecular flexibility index (Phi) is 6.28. The topological polar surface area (TPSA) is 110 Å². The standard InChI is InChI=1S/C24H26ClN3O5S/c25-19-14-26-22-18(19)5-2-6-20(22)28-34(30,31)17-4-1-3-16(13-17)27-23(29)21-7-8-24(15-33-21)9-11-32-12-10-24/h1-6,13-14,21,26,28H,7-12,15H2,(H,27,29). The molecular weight excluding hydrogens is 478 g/mol. The molecule has 2 fully saturated rings. The van der Waals surface area contributed by atoms with Crippen LogP contribution < -0.4 is 10.0 Å². The molecule has 1 spiro atoms. The number of para-hydroxylation sites is 1. The molecule has 0 aliphatic carbocycles. The first-order valence-corrected chi connectivity index (χ1v) is 13.1. The normalized spacial score (nSPS) is 20.3. The van der Waals surface area contributed by atoms with Crippen LogP contribution in [0.25, 0.3) is 10.9 Å². The smallest absolute Gasteiger partial charge is 0.262 e. The van der Waals surface area contributed by atoms with Crippen LogP contribution in [0.15, 0.2) is 53.6 Å². The van der Waals surface area contributed by atoms with E-state index in [1.807, 2.05) is 0 Å². The van der Waals surface area contributed by atoms with Gasteiger partial charge in [0.15, 0.2) is 0 Å². The van der Waals surface area contributed by atoms with Crippen molar-refractivity contribution in [2.45, 2.75) is 36.7 Å². The molecule has 5 rings (SSSR count). The molecule has 2 saturated heterocycles. The summed E-state index contributed by atoms with van der Waals surface area (Å²) in [4.78, 5) is 15.8. The van der Waals surface area contributed by atoms with Crippen molar-refractivity contribution in [2.24, 2.45) is 5.41 Å². The van der Waals surface area contributed by atoms with E-state index in [4.69, 9.17) is 21.1 Å². The minimum atomic E-state index is -3.90. The van der Waals surface area contributed by atoms with Gasteiger partial charge in [0.25, 0.3) is 15.9 Å². The van der Waals surface area contributed by atoms with Crippen molar-refractivity contribution in [2.75, 3.05) is 29.9 Å². The maximum absolute atomic E-state index is 13.1. The summed E-state index contributed by atoms with van der Waals surface area (Å²) in [6, 6.07) is 11.4. The van der Waals surface area contributed by atoms with Crippen molar-refractivity contribution < 1.29 is 22.7 Å². The fourth-order valence-corrected chi connectivity index (χ4v) is 5.98. The monoisotopic (exact) mass is 503 g/mol. The summed E-state index contributed by atoms with van der Waals surface area (Å²) >= 11 is 6.14. The summed E-state index contributed by atoms with van der Waals surface area (Å²) in [6.45, 7) is 2.02. The fourth-order valence-electron chi connectivity index (χ4n) is 4.65. The number of aromatic amines is 1. The van der Waals surface area contributed by atoms with Crippen LogP contribution in [0, 0.1) is 5.41 Å². The van der Waals surface area contributed by atoms with Gasteiger partial charge < -0.3 is 19.8 Å². The number of ether oxygens (including phenoxy) is 2. The SMILES string of the molecule is O=C(Nc1cccc(S(=O)(=O)Nc2cccc3c(Cl)c[nH]c23)c1)C1CCC2(CCOCC2)CO1. The number of aromatic nitrogens is 1. The van der Waals surface area contributed by atoms with Crippen LogP contribution in [-0.2, 0) is 24.3 Å². The van der Waals surface area contributed by atoms with E-state index in [0.717, 1.165) is 37.9 Å². The molecule has 3 N–H and O–H groups in total. The molecule has 2 aliphatic heterocycles. The first-order chi connectivity index (χ1) is 16.4. The minimum absolute atomic E-state index is 0.0330. The molecule has 3 aromatic rings. The lowest BCUT2D eigenvalue weighted by atomic mass is 9.75. The number of fused-ring (bicyclic) bond motifs is 1. The number of hydrogen-bond acceptors (Lipinski definition) is 5. The van der Waals surface area contributed by atoms with E-state index in [1.165, 1.54) is 12.1 Å². The Morgan fingerprint density at radius 3 is 2.68 bits per heavy atom. The Labute approximate surface area is 203 Å². The number of halogens is 1. The molecule has 2 aromatic carbocycles. The third-order valence-electron chi connectivity index (χ3n) is 6.69. The highest BCUT2D eigenvalue weighted by atomic mass is 35.5. The van der Waals surface area contributed by atoms with Gasteiger partial charge in [-0.3, -0.25) is 9.52 Å². The third kappa shape index (κ3) is 4.65. The van der Waals surface area contributed by atoms with Crippen LogP contribution in [0.2, 0.25) is 5.02 Å². The lowest BCUT2D eigenvalue weighted by molar-refractivity contribution is -0.143. The number of nitrogens with one attached hydrogen (secondary N) is 3. The Balaban J connectivity index is 1.27. The van der Waals surface area contributed by atoms with Gasteiger partial charge in [-0.25, -0.2) is 8.42 Å². The van der Waals surface area contributed by atoms with Gasteiger partial charge in [-0.2, -0.15) is 0 Å². The summed E-state index contributed by atoms with van der Waals surface area (Å²) in [6.07, 6.45) is 4.52. The average molecular weight is 504 g/mol. The van der Waals surface area contributed by atoms with Gasteiger partial charge in [0.1, 0.15) is 6.10 Å². The van der Waals surface area contributed by atoms with Gasteiger partial charge in [-0.15, -0.1) is 0 Å². The Bertz CT molecular complexity index is 1310. The summed E-state index contributed by atoms with van der Waals surface area (Å²) in [5.74, 6) is -0.268. The molecule has 0 saturated carbocycles. The molecule has 180 valence electrons. The van der Waals surface area contributed by atoms with Crippen molar-refractivity contribution >= 4 is 49.8 Å². The number of carbonyl (C=O) groups is 1. The summed E-state index contributed by atoms with van der Waals surface area (Å²) in [5.41, 5.74) is 1.48. The first-order valence-electron chi connectivity index (χ1n) is 11.2. The fraction of sp³-hybridized carbons (Fsp3) is 0.375. The van der Waals surface area contributed by atoms with Gasteiger partial charge in [-0.05, 0) is 55.4 Å². The first kappa shape index (κ1) is 23.2. The summed E-state index contributed by atoms with van der Waals surface area (Å²) < 4.78 is 40.1. The molecule has 34 heavy (non-hydrogen) atoms. The Hall–Kier alpha value is -2.59. The van der Waals surface area contributed by atoms with Gasteiger partial charge in [-0.1, -0.05) is 29.8 Å². The van der Waals surface area contributed by atoms with Crippen LogP contribution in [0.4, 0.5) is 11.4 Å². The highest BCUT2D eigenvalue weighted by Crippen LogP contribution is 2.40. The number of sulfonamides is 1. The van der Waals surface area contributed by atoms with Crippen LogP contribution in [0.5, 0.6) is 0 Å². The van der Waals surface area contributed by atoms with Crippen LogP contribution >= 0.6 is 11.6 Å². The quantitative estimate of drug-likeness (QED) is 0.473. The number of anilines is 2. The number of carbonyl (C=O) groups excluding carboxylic acids is 1. The predicted molar refractivity (Wildman–Crippen MR) is 131 cm³/mol. The van der Waals surface area contributed by atoms with Crippen LogP contribution in [-0.4, -0.2) is 45.2 Å². The molecule has 8 nitrogen and oxygen atoms in total. The molecule has 3 heterocycles. The molecule has 1 amide bonds. The molecule has 0 radical (unpaired) electrons. The number of rotatable bonds is 5. The van der Waals surface area contributed by atoms with Gasteiger partial charge in [0.2, 0.25) is 0 Å². The van der Waals surface area contributed by atoms with E-state index < -0.39 is 16.1 Å². The molecule has 1 unspecified atom stereocenters. The molecule has 10 heteroatoms. The highest BCUT2D eigenvalue weighted by molar-refractivity contribution is 7.92. The molecular formula is C24H26ClN3O5S. The van der Waals surface area contributed by atoms with Crippen molar-refractivity contribution in [3.8, 4) is 0 Å². The van der Waals surface area contributed by atoms with E-state index in [2.05, 4.69) is 15.0 Å². The zero-order valence-corrected chi connectivity index (χ0v) is 20.0. The van der Waals surface area contributed by atoms with Gasteiger partial charge in [0.05, 0.1) is 27.7 Å². The second-order valence-electron chi connectivity index (χ2n) is 8.94. The van der Waals surface area contributed by atoms with E-state index in [9.17, 15) is 13.2 Å². The second-order valence-corrected chi connectivity index (χ2v) is 11.0. The number of amides is 1. The van der Waals surface area contributed by atoms with E-state index >= 15 is 0 Å². The molecule has 0 bridgehead atoms. The second kappa shape index (κ2) is 9.22. The largest absolute Gasteiger partial charge is 0.381 e.